The van der Waals surface area contributed by atoms with Crippen molar-refractivity contribution in [2.45, 2.75) is 25.8 Å². The Balaban J connectivity index is 1.32. The molecule has 1 saturated heterocycles. The maximum absolute atomic E-state index is 12.5. The molecule has 0 aliphatic carbocycles. The quantitative estimate of drug-likeness (QED) is 0.659. The minimum Gasteiger partial charge on any atom is -0.380 e. The van der Waals surface area contributed by atoms with Gasteiger partial charge >= 0.3 is 0 Å². The summed E-state index contributed by atoms with van der Waals surface area (Å²) in [6, 6.07) is 15.5. The summed E-state index contributed by atoms with van der Waals surface area (Å²) >= 11 is 0. The average Bonchev–Trinajstić information content (AvgIpc) is 2.80. The fraction of sp³-hybridized carbons (Fsp3) is 0.261. The zero-order chi connectivity index (χ0) is 19.9. The highest BCUT2D eigenvalue weighted by atomic mass is 16.1. The Morgan fingerprint density at radius 3 is 2.31 bits per heavy atom. The minimum atomic E-state index is -0.212. The minimum absolute atomic E-state index is 0.212. The highest BCUT2D eigenvalue weighted by Gasteiger charge is 2.12. The molecule has 2 aromatic heterocycles. The van der Waals surface area contributed by atoms with Crippen molar-refractivity contribution < 1.29 is 4.79 Å². The molecular formula is C23H25N5O. The van der Waals surface area contributed by atoms with Crippen LogP contribution in [-0.4, -0.2) is 29.0 Å². The Morgan fingerprint density at radius 1 is 0.897 bits per heavy atom. The van der Waals surface area contributed by atoms with Gasteiger partial charge in [-0.15, -0.1) is 0 Å². The molecule has 4 rings (SSSR count). The number of carbonyl (C=O) groups excluding carboxylic acids is 1. The molecular weight excluding hydrogens is 362 g/mol. The van der Waals surface area contributed by atoms with Gasteiger partial charge in [-0.05, 0) is 73.4 Å². The predicted molar refractivity (Wildman–Crippen MR) is 116 cm³/mol. The van der Waals surface area contributed by atoms with E-state index in [1.807, 2.05) is 30.3 Å². The summed E-state index contributed by atoms with van der Waals surface area (Å²) in [5, 5.41) is 6.21. The number of benzene rings is 1. The molecule has 0 saturated carbocycles. The molecule has 0 spiro atoms. The van der Waals surface area contributed by atoms with Gasteiger partial charge < -0.3 is 15.5 Å². The van der Waals surface area contributed by atoms with E-state index >= 15 is 0 Å². The third-order valence-electron chi connectivity index (χ3n) is 5.09. The molecule has 0 bridgehead atoms. The van der Waals surface area contributed by atoms with Gasteiger partial charge in [0.25, 0.3) is 5.91 Å². The van der Waals surface area contributed by atoms with E-state index in [1.165, 1.54) is 24.9 Å². The van der Waals surface area contributed by atoms with Crippen molar-refractivity contribution >= 4 is 23.0 Å². The summed E-state index contributed by atoms with van der Waals surface area (Å²) in [6.07, 6.45) is 9.02. The molecule has 1 aliphatic rings. The molecule has 3 aromatic rings. The van der Waals surface area contributed by atoms with E-state index in [2.05, 4.69) is 37.6 Å². The number of amides is 1. The molecule has 2 N–H and O–H groups in total. The maximum atomic E-state index is 12.5. The first kappa shape index (κ1) is 18.9. The SMILES string of the molecule is O=C(Nc1ccc(N2CCCCC2)cc1)c1ccc(NCc2ccncc2)cn1. The van der Waals surface area contributed by atoms with Crippen molar-refractivity contribution in [3.8, 4) is 0 Å². The van der Waals surface area contributed by atoms with Crippen LogP contribution in [0.2, 0.25) is 0 Å². The van der Waals surface area contributed by atoms with Gasteiger partial charge in [-0.2, -0.15) is 0 Å². The summed E-state index contributed by atoms with van der Waals surface area (Å²) in [7, 11) is 0. The van der Waals surface area contributed by atoms with Crippen LogP contribution >= 0.6 is 0 Å². The van der Waals surface area contributed by atoms with Gasteiger partial charge in [0.1, 0.15) is 5.69 Å². The monoisotopic (exact) mass is 387 g/mol. The van der Waals surface area contributed by atoms with Crippen LogP contribution in [0.15, 0.2) is 67.1 Å². The third kappa shape index (κ3) is 5.10. The van der Waals surface area contributed by atoms with Gasteiger partial charge in [0.05, 0.1) is 11.9 Å². The van der Waals surface area contributed by atoms with Crippen LogP contribution in [0.4, 0.5) is 17.1 Å². The molecule has 0 unspecified atom stereocenters. The van der Waals surface area contributed by atoms with Crippen molar-refractivity contribution in [1.29, 1.82) is 0 Å². The molecule has 1 aliphatic heterocycles. The number of piperidine rings is 1. The average molecular weight is 387 g/mol. The van der Waals surface area contributed by atoms with Crippen LogP contribution in [0.25, 0.3) is 0 Å². The van der Waals surface area contributed by atoms with Crippen LogP contribution in [0.3, 0.4) is 0 Å². The number of carbonyl (C=O) groups is 1. The van der Waals surface area contributed by atoms with Crippen molar-refractivity contribution in [2.75, 3.05) is 28.6 Å². The first-order chi connectivity index (χ1) is 14.3. The molecule has 6 nitrogen and oxygen atoms in total. The van der Waals surface area contributed by atoms with E-state index in [4.69, 9.17) is 0 Å². The van der Waals surface area contributed by atoms with E-state index in [9.17, 15) is 4.79 Å². The van der Waals surface area contributed by atoms with Crippen molar-refractivity contribution in [3.63, 3.8) is 0 Å². The standard InChI is InChI=1S/C23H25N5O/c29-23(27-19-4-7-21(8-5-19)28-14-2-1-3-15-28)22-9-6-20(17-26-22)25-16-18-10-12-24-13-11-18/h4-13,17,25H,1-3,14-16H2,(H,27,29). The highest BCUT2D eigenvalue weighted by molar-refractivity contribution is 6.03. The summed E-state index contributed by atoms with van der Waals surface area (Å²) in [4.78, 5) is 23.2. The molecule has 1 aromatic carbocycles. The van der Waals surface area contributed by atoms with Gasteiger partial charge in [-0.1, -0.05) is 0 Å². The van der Waals surface area contributed by atoms with E-state index < -0.39 is 0 Å². The fourth-order valence-electron chi connectivity index (χ4n) is 3.44. The lowest BCUT2D eigenvalue weighted by Crippen LogP contribution is -2.29. The maximum Gasteiger partial charge on any atom is 0.274 e. The molecule has 1 fully saturated rings. The number of hydrogen-bond acceptors (Lipinski definition) is 5. The zero-order valence-electron chi connectivity index (χ0n) is 16.3. The van der Waals surface area contributed by atoms with Gasteiger partial charge in [-0.25, -0.2) is 4.98 Å². The van der Waals surface area contributed by atoms with E-state index in [-0.39, 0.29) is 5.91 Å². The van der Waals surface area contributed by atoms with Crippen LogP contribution in [0.1, 0.15) is 35.3 Å². The number of anilines is 3. The summed E-state index contributed by atoms with van der Waals surface area (Å²) in [6.45, 7) is 2.90. The van der Waals surface area contributed by atoms with E-state index in [0.29, 0.717) is 12.2 Å². The van der Waals surface area contributed by atoms with Crippen molar-refractivity contribution in [2.24, 2.45) is 0 Å². The Kier molecular flexibility index (Phi) is 6.00. The molecule has 6 heteroatoms. The van der Waals surface area contributed by atoms with Crippen molar-refractivity contribution in [1.82, 2.24) is 9.97 Å². The van der Waals surface area contributed by atoms with Gasteiger partial charge in [0.15, 0.2) is 0 Å². The molecule has 3 heterocycles. The topological polar surface area (TPSA) is 70.2 Å². The lowest BCUT2D eigenvalue weighted by Gasteiger charge is -2.28. The molecule has 0 radical (unpaired) electrons. The summed E-state index contributed by atoms with van der Waals surface area (Å²) < 4.78 is 0. The van der Waals surface area contributed by atoms with Crippen LogP contribution in [-0.2, 0) is 6.54 Å². The van der Waals surface area contributed by atoms with Crippen molar-refractivity contribution in [3.05, 3.63) is 78.4 Å². The first-order valence-electron chi connectivity index (χ1n) is 10.0. The molecule has 148 valence electrons. The van der Waals surface area contributed by atoms with Crippen LogP contribution < -0.4 is 15.5 Å². The summed E-state index contributed by atoms with van der Waals surface area (Å²) in [5.74, 6) is -0.212. The van der Waals surface area contributed by atoms with Crippen LogP contribution in [0, 0.1) is 0 Å². The third-order valence-corrected chi connectivity index (χ3v) is 5.09. The smallest absolute Gasteiger partial charge is 0.274 e. The van der Waals surface area contributed by atoms with Crippen LogP contribution in [0.5, 0.6) is 0 Å². The Hall–Kier alpha value is -3.41. The number of aromatic nitrogens is 2. The normalized spacial score (nSPS) is 13.7. The predicted octanol–water partition coefficient (Wildman–Crippen LogP) is 4.33. The number of nitrogens with zero attached hydrogens (tertiary/aromatic N) is 3. The zero-order valence-corrected chi connectivity index (χ0v) is 16.3. The lowest BCUT2D eigenvalue weighted by molar-refractivity contribution is 0.102. The molecule has 1 amide bonds. The Bertz CT molecular complexity index is 920. The second-order valence-electron chi connectivity index (χ2n) is 7.19. The fourth-order valence-corrected chi connectivity index (χ4v) is 3.44. The number of nitrogens with one attached hydrogen (secondary N) is 2. The Morgan fingerprint density at radius 2 is 1.62 bits per heavy atom. The lowest BCUT2D eigenvalue weighted by atomic mass is 10.1. The van der Waals surface area contributed by atoms with Gasteiger partial charge in [-0.3, -0.25) is 9.78 Å². The molecule has 29 heavy (non-hydrogen) atoms. The summed E-state index contributed by atoms with van der Waals surface area (Å²) in [5.41, 5.74) is 4.38. The second-order valence-corrected chi connectivity index (χ2v) is 7.19. The largest absolute Gasteiger partial charge is 0.380 e. The molecule has 0 atom stereocenters. The van der Waals surface area contributed by atoms with E-state index in [0.717, 1.165) is 30.0 Å². The van der Waals surface area contributed by atoms with Gasteiger partial charge in [0, 0.05) is 43.4 Å². The highest BCUT2D eigenvalue weighted by Crippen LogP contribution is 2.22. The number of hydrogen-bond donors (Lipinski definition) is 2. The van der Waals surface area contributed by atoms with Gasteiger partial charge in [0.2, 0.25) is 0 Å². The number of pyridine rings is 2. The Labute approximate surface area is 171 Å². The van der Waals surface area contributed by atoms with E-state index in [1.54, 1.807) is 24.7 Å². The number of rotatable bonds is 6. The second kappa shape index (κ2) is 9.19. The first-order valence-corrected chi connectivity index (χ1v) is 10.0.